The van der Waals surface area contributed by atoms with Crippen molar-refractivity contribution in [3.05, 3.63) is 30.4 Å². The van der Waals surface area contributed by atoms with E-state index >= 15 is 0 Å². The van der Waals surface area contributed by atoms with E-state index in [1.807, 2.05) is 17.0 Å². The van der Waals surface area contributed by atoms with Crippen LogP contribution in [0.3, 0.4) is 0 Å². The van der Waals surface area contributed by atoms with Gasteiger partial charge in [0, 0.05) is 12.4 Å². The van der Waals surface area contributed by atoms with Crippen LogP contribution in [-0.2, 0) is 0 Å². The highest BCUT2D eigenvalue weighted by atomic mass is 32.1. The Bertz CT molecular complexity index is 252. The molecule has 2 aromatic rings. The maximum absolute atomic E-state index is 3.95. The van der Waals surface area contributed by atoms with Crippen molar-refractivity contribution in [2.75, 3.05) is 0 Å². The van der Waals surface area contributed by atoms with Gasteiger partial charge in [0.15, 0.2) is 0 Å². The van der Waals surface area contributed by atoms with E-state index in [0.29, 0.717) is 0 Å². The van der Waals surface area contributed by atoms with Gasteiger partial charge in [0.2, 0.25) is 0 Å². The molecule has 0 aromatic carbocycles. The van der Waals surface area contributed by atoms with E-state index in [0.717, 1.165) is 5.00 Å². The molecule has 2 heterocycles. The van der Waals surface area contributed by atoms with Gasteiger partial charge in [-0.1, -0.05) is 0 Å². The van der Waals surface area contributed by atoms with Crippen LogP contribution < -0.4 is 0 Å². The molecular formula is C6H5N3S. The van der Waals surface area contributed by atoms with Gasteiger partial charge in [0.25, 0.3) is 0 Å². The summed E-state index contributed by atoms with van der Waals surface area (Å²) >= 11 is 1.59. The minimum atomic E-state index is 1.09. The summed E-state index contributed by atoms with van der Waals surface area (Å²) in [7, 11) is 0. The first-order chi connectivity index (χ1) is 4.97. The molecule has 2 rings (SSSR count). The van der Waals surface area contributed by atoms with Crippen LogP contribution in [0.25, 0.3) is 5.00 Å². The minimum Gasteiger partial charge on any atom is -0.296 e. The number of imidazole rings is 1. The maximum atomic E-state index is 3.95. The van der Waals surface area contributed by atoms with Crippen molar-refractivity contribution >= 4 is 11.3 Å². The normalized spacial score (nSPS) is 10.0. The van der Waals surface area contributed by atoms with Crippen molar-refractivity contribution in [1.29, 1.82) is 0 Å². The molecule has 0 N–H and O–H groups in total. The van der Waals surface area contributed by atoms with Crippen molar-refractivity contribution in [3.8, 4) is 5.00 Å². The predicted octanol–water partition coefficient (Wildman–Crippen LogP) is 1.33. The lowest BCUT2D eigenvalue weighted by molar-refractivity contribution is 1.08. The zero-order chi connectivity index (χ0) is 6.81. The molecule has 0 unspecified atom stereocenters. The highest BCUT2D eigenvalue weighted by molar-refractivity contribution is 7.12. The lowest BCUT2D eigenvalue weighted by atomic mass is 10.8. The van der Waals surface area contributed by atoms with Crippen LogP contribution in [-0.4, -0.2) is 14.5 Å². The SMILES string of the molecule is c1cn(-c2cncs2)cn1. The number of nitrogens with zero attached hydrogens (tertiary/aromatic N) is 3. The third-order valence-corrected chi connectivity index (χ3v) is 1.96. The van der Waals surface area contributed by atoms with E-state index in [1.54, 1.807) is 29.4 Å². The molecule has 0 atom stereocenters. The fraction of sp³-hybridized carbons (Fsp3) is 0. The summed E-state index contributed by atoms with van der Waals surface area (Å²) in [5.41, 5.74) is 1.80. The van der Waals surface area contributed by atoms with Crippen LogP contribution >= 0.6 is 11.3 Å². The van der Waals surface area contributed by atoms with Crippen molar-refractivity contribution in [3.63, 3.8) is 0 Å². The largest absolute Gasteiger partial charge is 0.296 e. The molecule has 50 valence electrons. The van der Waals surface area contributed by atoms with E-state index in [9.17, 15) is 0 Å². The molecule has 0 aliphatic rings. The summed E-state index contributed by atoms with van der Waals surface area (Å²) in [4.78, 5) is 7.87. The molecule has 0 saturated carbocycles. The molecule has 0 radical (unpaired) electrons. The Morgan fingerprint density at radius 3 is 3.00 bits per heavy atom. The fourth-order valence-electron chi connectivity index (χ4n) is 0.726. The summed E-state index contributed by atoms with van der Waals surface area (Å²) in [6, 6.07) is 0. The number of hydrogen-bond acceptors (Lipinski definition) is 3. The molecule has 0 amide bonds. The first-order valence-electron chi connectivity index (χ1n) is 2.83. The van der Waals surface area contributed by atoms with E-state index in [2.05, 4.69) is 9.97 Å². The number of rotatable bonds is 1. The topological polar surface area (TPSA) is 30.7 Å². The predicted molar refractivity (Wildman–Crippen MR) is 39.2 cm³/mol. The Hall–Kier alpha value is -1.16. The van der Waals surface area contributed by atoms with Gasteiger partial charge in [-0.05, 0) is 0 Å². The Kier molecular flexibility index (Phi) is 1.25. The van der Waals surface area contributed by atoms with Crippen molar-refractivity contribution < 1.29 is 0 Å². The van der Waals surface area contributed by atoms with E-state index in [4.69, 9.17) is 0 Å². The summed E-state index contributed by atoms with van der Waals surface area (Å²) in [6.45, 7) is 0. The van der Waals surface area contributed by atoms with E-state index in [-0.39, 0.29) is 0 Å². The molecule has 0 saturated heterocycles. The molecule has 2 aromatic heterocycles. The van der Waals surface area contributed by atoms with Gasteiger partial charge in [0.1, 0.15) is 5.00 Å². The van der Waals surface area contributed by atoms with Gasteiger partial charge in [-0.25, -0.2) is 4.98 Å². The van der Waals surface area contributed by atoms with Gasteiger partial charge in [0.05, 0.1) is 18.0 Å². The monoisotopic (exact) mass is 151 g/mol. The smallest absolute Gasteiger partial charge is 0.120 e. The summed E-state index contributed by atoms with van der Waals surface area (Å²) in [5, 5.41) is 1.09. The second-order valence-electron chi connectivity index (χ2n) is 1.81. The fourth-order valence-corrected chi connectivity index (χ4v) is 1.31. The van der Waals surface area contributed by atoms with Crippen LogP contribution in [0, 0.1) is 0 Å². The Morgan fingerprint density at radius 1 is 1.40 bits per heavy atom. The summed E-state index contributed by atoms with van der Waals surface area (Å²) in [6.07, 6.45) is 7.22. The molecule has 4 heteroatoms. The highest BCUT2D eigenvalue weighted by Gasteiger charge is 1.93. The van der Waals surface area contributed by atoms with Crippen molar-refractivity contribution in [2.45, 2.75) is 0 Å². The second-order valence-corrected chi connectivity index (χ2v) is 2.67. The average Bonchev–Trinajstić information content (AvgIpc) is 2.59. The number of thiazole rings is 1. The van der Waals surface area contributed by atoms with Gasteiger partial charge in [-0.3, -0.25) is 9.55 Å². The number of aromatic nitrogens is 3. The summed E-state index contributed by atoms with van der Waals surface area (Å²) in [5.74, 6) is 0. The highest BCUT2D eigenvalue weighted by Crippen LogP contribution is 2.10. The molecule has 0 bridgehead atoms. The molecule has 0 spiro atoms. The third kappa shape index (κ3) is 0.823. The van der Waals surface area contributed by atoms with Gasteiger partial charge < -0.3 is 0 Å². The zero-order valence-electron chi connectivity index (χ0n) is 5.14. The van der Waals surface area contributed by atoms with Crippen LogP contribution in [0.1, 0.15) is 0 Å². The van der Waals surface area contributed by atoms with Gasteiger partial charge in [-0.15, -0.1) is 11.3 Å². The molecule has 10 heavy (non-hydrogen) atoms. The minimum absolute atomic E-state index is 1.09. The van der Waals surface area contributed by atoms with E-state index < -0.39 is 0 Å². The van der Waals surface area contributed by atoms with Crippen LogP contribution in [0.2, 0.25) is 0 Å². The first kappa shape index (κ1) is 5.61. The summed E-state index contributed by atoms with van der Waals surface area (Å²) < 4.78 is 1.93. The van der Waals surface area contributed by atoms with Crippen LogP contribution in [0.4, 0.5) is 0 Å². The third-order valence-electron chi connectivity index (χ3n) is 1.18. The average molecular weight is 151 g/mol. The van der Waals surface area contributed by atoms with Gasteiger partial charge in [-0.2, -0.15) is 0 Å². The van der Waals surface area contributed by atoms with E-state index in [1.165, 1.54) is 0 Å². The van der Waals surface area contributed by atoms with Crippen molar-refractivity contribution in [2.24, 2.45) is 0 Å². The molecular weight excluding hydrogens is 146 g/mol. The maximum Gasteiger partial charge on any atom is 0.120 e. The standard InChI is InChI=1S/C6H5N3S/c1-2-9(4-7-1)6-3-8-5-10-6/h1-5H. The Morgan fingerprint density at radius 2 is 2.40 bits per heavy atom. The van der Waals surface area contributed by atoms with Gasteiger partial charge >= 0.3 is 0 Å². The second kappa shape index (κ2) is 2.22. The molecule has 3 nitrogen and oxygen atoms in total. The van der Waals surface area contributed by atoms with Crippen molar-refractivity contribution in [1.82, 2.24) is 14.5 Å². The lowest BCUT2D eigenvalue weighted by Crippen LogP contribution is -1.82. The lowest BCUT2D eigenvalue weighted by Gasteiger charge is -1.90. The quantitative estimate of drug-likeness (QED) is 0.615. The van der Waals surface area contributed by atoms with Crippen LogP contribution in [0.15, 0.2) is 30.4 Å². The Balaban J connectivity index is 2.48. The zero-order valence-corrected chi connectivity index (χ0v) is 5.95. The molecule has 0 fully saturated rings. The molecule has 0 aliphatic carbocycles. The van der Waals surface area contributed by atoms with Crippen LogP contribution in [0.5, 0.6) is 0 Å². The first-order valence-corrected chi connectivity index (χ1v) is 3.71. The Labute approximate surface area is 62.0 Å². The molecule has 0 aliphatic heterocycles. The number of hydrogen-bond donors (Lipinski definition) is 0.